The molecule has 0 fully saturated rings. The van der Waals surface area contributed by atoms with Crippen LogP contribution in [-0.4, -0.2) is 42.9 Å². The Hall–Kier alpha value is -3.36. The summed E-state index contributed by atoms with van der Waals surface area (Å²) in [6.45, 7) is 2.24. The van der Waals surface area contributed by atoms with Crippen LogP contribution in [0.4, 0.5) is 0 Å². The Morgan fingerprint density at radius 3 is 2.92 bits per heavy atom. The maximum atomic E-state index is 12.1. The minimum Gasteiger partial charge on any atom is -0.351 e. The molecule has 0 radical (unpaired) electrons. The number of amides is 2. The predicted molar refractivity (Wildman–Crippen MR) is 93.1 cm³/mol. The van der Waals surface area contributed by atoms with Crippen molar-refractivity contribution in [3.8, 4) is 0 Å². The predicted octanol–water partition coefficient (Wildman–Crippen LogP) is 0.907. The zero-order valence-electron chi connectivity index (χ0n) is 14.3. The van der Waals surface area contributed by atoms with Crippen LogP contribution in [0.2, 0.25) is 0 Å². The molecular formula is C17H19N7O2. The number of hydrogen-bond donors (Lipinski definition) is 2. The van der Waals surface area contributed by atoms with Crippen LogP contribution in [-0.2, 0) is 4.79 Å². The molecule has 0 saturated carbocycles. The summed E-state index contributed by atoms with van der Waals surface area (Å²) in [5, 5.41) is 13.8. The van der Waals surface area contributed by atoms with Crippen molar-refractivity contribution in [2.75, 3.05) is 6.54 Å². The highest BCUT2D eigenvalue weighted by Crippen LogP contribution is 2.11. The number of hydrogen-bond acceptors (Lipinski definition) is 6. The number of carbonyl (C=O) groups is 2. The van der Waals surface area contributed by atoms with Crippen LogP contribution in [0.1, 0.15) is 42.1 Å². The van der Waals surface area contributed by atoms with E-state index in [0.29, 0.717) is 25.2 Å². The molecule has 3 aromatic heterocycles. The van der Waals surface area contributed by atoms with Crippen molar-refractivity contribution in [1.29, 1.82) is 0 Å². The first-order valence-electron chi connectivity index (χ1n) is 8.28. The third-order valence-corrected chi connectivity index (χ3v) is 3.77. The maximum absolute atomic E-state index is 12.1. The van der Waals surface area contributed by atoms with E-state index in [1.54, 1.807) is 0 Å². The van der Waals surface area contributed by atoms with Crippen molar-refractivity contribution < 1.29 is 9.59 Å². The van der Waals surface area contributed by atoms with E-state index in [-0.39, 0.29) is 23.6 Å². The molecule has 2 amide bonds. The molecule has 0 saturated heterocycles. The third-order valence-electron chi connectivity index (χ3n) is 3.77. The number of carbonyl (C=O) groups excluding carboxylic acids is 2. The second kappa shape index (κ2) is 8.15. The first-order chi connectivity index (χ1) is 12.6. The van der Waals surface area contributed by atoms with Gasteiger partial charge in [0, 0.05) is 31.6 Å². The summed E-state index contributed by atoms with van der Waals surface area (Å²) in [6, 6.07) is 5.35. The van der Waals surface area contributed by atoms with Crippen LogP contribution >= 0.6 is 0 Å². The van der Waals surface area contributed by atoms with Gasteiger partial charge < -0.3 is 10.6 Å². The number of nitrogens with zero attached hydrogens (tertiary/aromatic N) is 5. The number of nitrogens with one attached hydrogen (secondary N) is 2. The van der Waals surface area contributed by atoms with Crippen LogP contribution in [0, 0.1) is 0 Å². The van der Waals surface area contributed by atoms with E-state index < -0.39 is 0 Å². The quantitative estimate of drug-likeness (QED) is 0.610. The average Bonchev–Trinajstić information content (AvgIpc) is 3.10. The summed E-state index contributed by atoms with van der Waals surface area (Å²) in [5.74, 6) is 0.255. The Morgan fingerprint density at radius 1 is 1.23 bits per heavy atom. The zero-order chi connectivity index (χ0) is 18.4. The van der Waals surface area contributed by atoms with Crippen molar-refractivity contribution in [3.05, 3.63) is 54.5 Å². The van der Waals surface area contributed by atoms with Crippen molar-refractivity contribution in [2.24, 2.45) is 0 Å². The molecule has 0 aliphatic rings. The largest absolute Gasteiger partial charge is 0.351 e. The van der Waals surface area contributed by atoms with Crippen molar-refractivity contribution in [2.45, 2.75) is 25.8 Å². The number of pyridine rings is 1. The van der Waals surface area contributed by atoms with Gasteiger partial charge in [-0.15, -0.1) is 10.2 Å². The lowest BCUT2D eigenvalue weighted by molar-refractivity contribution is -0.121. The van der Waals surface area contributed by atoms with Gasteiger partial charge in [-0.2, -0.15) is 0 Å². The summed E-state index contributed by atoms with van der Waals surface area (Å²) in [4.78, 5) is 31.7. The summed E-state index contributed by atoms with van der Waals surface area (Å²) in [7, 11) is 0. The second-order valence-corrected chi connectivity index (χ2v) is 5.73. The molecule has 3 aromatic rings. The SMILES string of the molecule is CC(NC(=O)CCCNC(=O)c1cnccn1)c1nnc2ccccn12. The Kier molecular flexibility index (Phi) is 5.47. The van der Waals surface area contributed by atoms with E-state index in [9.17, 15) is 9.59 Å². The van der Waals surface area contributed by atoms with Crippen LogP contribution in [0.3, 0.4) is 0 Å². The number of rotatable bonds is 7. The topological polar surface area (TPSA) is 114 Å². The Morgan fingerprint density at radius 2 is 2.12 bits per heavy atom. The molecule has 1 unspecified atom stereocenters. The molecule has 0 bridgehead atoms. The van der Waals surface area contributed by atoms with E-state index >= 15 is 0 Å². The molecule has 3 heterocycles. The van der Waals surface area contributed by atoms with Crippen LogP contribution < -0.4 is 10.6 Å². The highest BCUT2D eigenvalue weighted by molar-refractivity contribution is 5.91. The van der Waals surface area contributed by atoms with Crippen LogP contribution in [0.25, 0.3) is 5.65 Å². The summed E-state index contributed by atoms with van der Waals surface area (Å²) in [6.07, 6.45) is 7.02. The Bertz CT molecular complexity index is 894. The molecule has 134 valence electrons. The summed E-state index contributed by atoms with van der Waals surface area (Å²) in [5.41, 5.74) is 0.986. The fourth-order valence-corrected chi connectivity index (χ4v) is 2.49. The smallest absolute Gasteiger partial charge is 0.271 e. The Balaban J connectivity index is 1.43. The fraction of sp³-hybridized carbons (Fsp3) is 0.294. The molecule has 0 aliphatic carbocycles. The number of aromatic nitrogens is 5. The third kappa shape index (κ3) is 4.18. The minimum atomic E-state index is -0.304. The monoisotopic (exact) mass is 353 g/mol. The standard InChI is InChI=1S/C17H19N7O2/c1-12(16-23-22-14-5-2-3-10-24(14)16)21-15(25)6-4-7-20-17(26)13-11-18-8-9-19-13/h2-3,5,8-12H,4,6-7H2,1H3,(H,20,26)(H,21,25). The van der Waals surface area contributed by atoms with Gasteiger partial charge in [0.25, 0.3) is 5.91 Å². The van der Waals surface area contributed by atoms with Crippen LogP contribution in [0.5, 0.6) is 0 Å². The van der Waals surface area contributed by atoms with Crippen molar-refractivity contribution >= 4 is 17.5 Å². The van der Waals surface area contributed by atoms with Crippen LogP contribution in [0.15, 0.2) is 43.0 Å². The van der Waals surface area contributed by atoms with Gasteiger partial charge in [0.1, 0.15) is 5.69 Å². The lowest BCUT2D eigenvalue weighted by atomic mass is 10.2. The summed E-state index contributed by atoms with van der Waals surface area (Å²) < 4.78 is 1.84. The van der Waals surface area contributed by atoms with E-state index in [2.05, 4.69) is 30.8 Å². The molecule has 0 aliphatic heterocycles. The van der Waals surface area contributed by atoms with E-state index in [0.717, 1.165) is 5.65 Å². The molecule has 3 rings (SSSR count). The molecular weight excluding hydrogens is 334 g/mol. The molecule has 9 heteroatoms. The average molecular weight is 353 g/mol. The zero-order valence-corrected chi connectivity index (χ0v) is 14.3. The first kappa shape index (κ1) is 17.5. The maximum Gasteiger partial charge on any atom is 0.271 e. The van der Waals surface area contributed by atoms with Gasteiger partial charge in [0.2, 0.25) is 5.91 Å². The highest BCUT2D eigenvalue weighted by Gasteiger charge is 2.15. The fourth-order valence-electron chi connectivity index (χ4n) is 2.49. The van der Waals surface area contributed by atoms with Gasteiger partial charge >= 0.3 is 0 Å². The lowest BCUT2D eigenvalue weighted by Gasteiger charge is -2.12. The normalized spacial score (nSPS) is 11.9. The van der Waals surface area contributed by atoms with Gasteiger partial charge in [-0.3, -0.25) is 19.0 Å². The van der Waals surface area contributed by atoms with Gasteiger partial charge in [-0.1, -0.05) is 6.07 Å². The van der Waals surface area contributed by atoms with Crippen molar-refractivity contribution in [1.82, 2.24) is 35.2 Å². The van der Waals surface area contributed by atoms with E-state index in [4.69, 9.17) is 0 Å². The van der Waals surface area contributed by atoms with Gasteiger partial charge in [0.05, 0.1) is 12.2 Å². The van der Waals surface area contributed by atoms with E-state index in [1.807, 2.05) is 35.7 Å². The Labute approximate surface area is 149 Å². The molecule has 2 N–H and O–H groups in total. The summed E-state index contributed by atoms with van der Waals surface area (Å²) >= 11 is 0. The lowest BCUT2D eigenvalue weighted by Crippen LogP contribution is -2.30. The molecule has 26 heavy (non-hydrogen) atoms. The van der Waals surface area contributed by atoms with Gasteiger partial charge in [-0.25, -0.2) is 4.98 Å². The van der Waals surface area contributed by atoms with Gasteiger partial charge in [-0.05, 0) is 25.5 Å². The van der Waals surface area contributed by atoms with E-state index in [1.165, 1.54) is 18.6 Å². The molecule has 0 aromatic carbocycles. The minimum absolute atomic E-state index is 0.112. The molecule has 1 atom stereocenters. The van der Waals surface area contributed by atoms with Crippen molar-refractivity contribution in [3.63, 3.8) is 0 Å². The first-order valence-corrected chi connectivity index (χ1v) is 8.28. The molecule has 0 spiro atoms. The number of fused-ring (bicyclic) bond motifs is 1. The second-order valence-electron chi connectivity index (χ2n) is 5.73. The molecule has 9 nitrogen and oxygen atoms in total. The van der Waals surface area contributed by atoms with Gasteiger partial charge in [0.15, 0.2) is 11.5 Å². The highest BCUT2D eigenvalue weighted by atomic mass is 16.2.